The first kappa shape index (κ1) is 13.3. The highest BCUT2D eigenvalue weighted by molar-refractivity contribution is 5.89. The summed E-state index contributed by atoms with van der Waals surface area (Å²) in [5.74, 6) is 0. The van der Waals surface area contributed by atoms with E-state index in [0.717, 1.165) is 6.42 Å². The number of hydrogen-bond acceptors (Lipinski definition) is 4. The minimum Gasteiger partial charge on any atom is -0.379 e. The van der Waals surface area contributed by atoms with Crippen LogP contribution in [-0.2, 0) is 4.74 Å². The summed E-state index contributed by atoms with van der Waals surface area (Å²) in [6, 6.07) is 4.16. The molecule has 0 aromatic heterocycles. The van der Waals surface area contributed by atoms with Crippen molar-refractivity contribution in [2.75, 3.05) is 18.5 Å². The van der Waals surface area contributed by atoms with Crippen molar-refractivity contribution in [2.45, 2.75) is 19.4 Å². The number of benzene rings is 1. The molecule has 7 heteroatoms. The summed E-state index contributed by atoms with van der Waals surface area (Å²) in [6.07, 6.45) is 0.798. The van der Waals surface area contributed by atoms with E-state index in [2.05, 4.69) is 10.6 Å². The van der Waals surface area contributed by atoms with E-state index in [4.69, 9.17) is 4.74 Å². The van der Waals surface area contributed by atoms with Crippen molar-refractivity contribution in [3.63, 3.8) is 0 Å². The van der Waals surface area contributed by atoms with Gasteiger partial charge in [-0.2, -0.15) is 0 Å². The molecule has 1 saturated heterocycles. The monoisotopic (exact) mass is 265 g/mol. The molecule has 1 aliphatic heterocycles. The molecule has 0 aliphatic carbocycles. The van der Waals surface area contributed by atoms with E-state index in [-0.39, 0.29) is 17.8 Å². The number of rotatable bonds is 3. The summed E-state index contributed by atoms with van der Waals surface area (Å²) in [5.41, 5.74) is 1.07. The number of nitrogens with zero attached hydrogens (tertiary/aromatic N) is 1. The molecule has 1 aromatic carbocycles. The number of hydrogen-bond donors (Lipinski definition) is 2. The number of nitrogens with one attached hydrogen (secondary N) is 2. The molecule has 1 atom stereocenters. The van der Waals surface area contributed by atoms with Crippen LogP contribution in [0.5, 0.6) is 0 Å². The molecule has 0 saturated carbocycles. The van der Waals surface area contributed by atoms with Crippen LogP contribution >= 0.6 is 0 Å². The number of nitro benzene ring substituents is 1. The van der Waals surface area contributed by atoms with Gasteiger partial charge in [-0.1, -0.05) is 0 Å². The molecule has 0 spiro atoms. The Hall–Kier alpha value is -2.15. The van der Waals surface area contributed by atoms with E-state index in [9.17, 15) is 14.9 Å². The summed E-state index contributed by atoms with van der Waals surface area (Å²) in [4.78, 5) is 21.9. The quantitative estimate of drug-likeness (QED) is 0.643. The maximum Gasteiger partial charge on any atom is 0.319 e. The Morgan fingerprint density at radius 1 is 1.53 bits per heavy atom. The molecule has 1 heterocycles. The Balaban J connectivity index is 1.96. The van der Waals surface area contributed by atoms with E-state index >= 15 is 0 Å². The van der Waals surface area contributed by atoms with Gasteiger partial charge in [0.05, 0.1) is 17.6 Å². The summed E-state index contributed by atoms with van der Waals surface area (Å²) in [6.45, 7) is 2.81. The highest BCUT2D eigenvalue weighted by Crippen LogP contribution is 2.21. The SMILES string of the molecule is Cc1cc(NC(=O)NC2CCOC2)ccc1[N+](=O)[O-]. The summed E-state index contributed by atoms with van der Waals surface area (Å²) in [5, 5.41) is 16.1. The minimum atomic E-state index is -0.449. The highest BCUT2D eigenvalue weighted by Gasteiger charge is 2.18. The first-order chi connectivity index (χ1) is 9.06. The van der Waals surface area contributed by atoms with Crippen LogP contribution in [0.25, 0.3) is 0 Å². The van der Waals surface area contributed by atoms with Gasteiger partial charge in [0.1, 0.15) is 0 Å². The average Bonchev–Trinajstić information content (AvgIpc) is 2.81. The van der Waals surface area contributed by atoms with Gasteiger partial charge in [0.2, 0.25) is 0 Å². The average molecular weight is 265 g/mol. The molecule has 0 bridgehead atoms. The van der Waals surface area contributed by atoms with Crippen molar-refractivity contribution in [1.82, 2.24) is 5.32 Å². The van der Waals surface area contributed by atoms with Crippen LogP contribution in [0.4, 0.5) is 16.2 Å². The number of amides is 2. The van der Waals surface area contributed by atoms with Gasteiger partial charge in [0.25, 0.3) is 5.69 Å². The second-order valence-electron chi connectivity index (χ2n) is 4.42. The van der Waals surface area contributed by atoms with E-state index in [1.165, 1.54) is 12.1 Å². The fourth-order valence-electron chi connectivity index (χ4n) is 1.94. The predicted molar refractivity (Wildman–Crippen MR) is 69.2 cm³/mol. The number of nitro groups is 1. The minimum absolute atomic E-state index is 0.0270. The molecule has 1 unspecified atom stereocenters. The van der Waals surface area contributed by atoms with Crippen molar-refractivity contribution in [3.05, 3.63) is 33.9 Å². The molecule has 7 nitrogen and oxygen atoms in total. The molecule has 2 rings (SSSR count). The van der Waals surface area contributed by atoms with Crippen molar-refractivity contribution in [1.29, 1.82) is 0 Å². The molecule has 1 fully saturated rings. The fourth-order valence-corrected chi connectivity index (χ4v) is 1.94. The first-order valence-electron chi connectivity index (χ1n) is 5.96. The first-order valence-corrected chi connectivity index (χ1v) is 5.96. The zero-order valence-corrected chi connectivity index (χ0v) is 10.5. The van der Waals surface area contributed by atoms with Crippen LogP contribution in [0.2, 0.25) is 0 Å². The van der Waals surface area contributed by atoms with Crippen molar-refractivity contribution in [3.8, 4) is 0 Å². The number of aryl methyl sites for hydroxylation is 1. The Morgan fingerprint density at radius 3 is 2.89 bits per heavy atom. The van der Waals surface area contributed by atoms with Gasteiger partial charge in [-0.25, -0.2) is 4.79 Å². The van der Waals surface area contributed by atoms with Gasteiger partial charge in [-0.05, 0) is 25.5 Å². The zero-order valence-electron chi connectivity index (χ0n) is 10.5. The van der Waals surface area contributed by atoms with Crippen LogP contribution in [0.15, 0.2) is 18.2 Å². The second-order valence-corrected chi connectivity index (χ2v) is 4.42. The van der Waals surface area contributed by atoms with Gasteiger partial charge in [-0.3, -0.25) is 10.1 Å². The molecule has 1 aliphatic rings. The maximum atomic E-state index is 11.7. The molecule has 102 valence electrons. The lowest BCUT2D eigenvalue weighted by Crippen LogP contribution is -2.38. The molecule has 19 heavy (non-hydrogen) atoms. The van der Waals surface area contributed by atoms with E-state index in [0.29, 0.717) is 24.5 Å². The fraction of sp³-hybridized carbons (Fsp3) is 0.417. The van der Waals surface area contributed by atoms with Crippen molar-refractivity contribution < 1.29 is 14.5 Å². The lowest BCUT2D eigenvalue weighted by Gasteiger charge is -2.12. The Bertz CT molecular complexity index is 498. The smallest absolute Gasteiger partial charge is 0.319 e. The van der Waals surface area contributed by atoms with Gasteiger partial charge < -0.3 is 15.4 Å². The third kappa shape index (κ3) is 3.41. The predicted octanol–water partition coefficient (Wildman–Crippen LogP) is 1.81. The Kier molecular flexibility index (Phi) is 3.96. The molecule has 2 N–H and O–H groups in total. The summed E-state index contributed by atoms with van der Waals surface area (Å²) >= 11 is 0. The van der Waals surface area contributed by atoms with Gasteiger partial charge in [0.15, 0.2) is 0 Å². The molecule has 0 radical (unpaired) electrons. The van der Waals surface area contributed by atoms with Crippen LogP contribution < -0.4 is 10.6 Å². The normalized spacial score (nSPS) is 18.1. The third-order valence-electron chi connectivity index (χ3n) is 2.92. The van der Waals surface area contributed by atoms with E-state index < -0.39 is 4.92 Å². The number of carbonyl (C=O) groups is 1. The Morgan fingerprint density at radius 2 is 2.32 bits per heavy atom. The number of ether oxygens (including phenoxy) is 1. The Labute approximate surface area is 110 Å². The third-order valence-corrected chi connectivity index (χ3v) is 2.92. The van der Waals surface area contributed by atoms with Crippen LogP contribution in [0.3, 0.4) is 0 Å². The largest absolute Gasteiger partial charge is 0.379 e. The topological polar surface area (TPSA) is 93.5 Å². The molecule has 1 aromatic rings. The number of urea groups is 1. The molecular formula is C12H15N3O4. The van der Waals surface area contributed by atoms with E-state index in [1.807, 2.05) is 0 Å². The lowest BCUT2D eigenvalue weighted by atomic mass is 10.2. The lowest BCUT2D eigenvalue weighted by molar-refractivity contribution is -0.385. The second kappa shape index (κ2) is 5.66. The summed E-state index contributed by atoms with van der Waals surface area (Å²) < 4.78 is 5.15. The summed E-state index contributed by atoms with van der Waals surface area (Å²) in [7, 11) is 0. The maximum absolute atomic E-state index is 11.7. The van der Waals surface area contributed by atoms with Crippen molar-refractivity contribution in [2.24, 2.45) is 0 Å². The molecule has 2 amide bonds. The van der Waals surface area contributed by atoms with Crippen LogP contribution in [0.1, 0.15) is 12.0 Å². The van der Waals surface area contributed by atoms with Gasteiger partial charge in [-0.15, -0.1) is 0 Å². The standard InChI is InChI=1S/C12H15N3O4/c1-8-6-9(2-3-11(8)15(17)18)13-12(16)14-10-4-5-19-7-10/h2-3,6,10H,4-5,7H2,1H3,(H2,13,14,16). The van der Waals surface area contributed by atoms with Crippen molar-refractivity contribution >= 4 is 17.4 Å². The van der Waals surface area contributed by atoms with Crippen LogP contribution in [-0.4, -0.2) is 30.2 Å². The van der Waals surface area contributed by atoms with E-state index in [1.54, 1.807) is 13.0 Å². The molecular weight excluding hydrogens is 250 g/mol. The zero-order chi connectivity index (χ0) is 13.8. The van der Waals surface area contributed by atoms with Gasteiger partial charge in [0, 0.05) is 23.9 Å². The van der Waals surface area contributed by atoms with Crippen LogP contribution in [0, 0.1) is 17.0 Å². The highest BCUT2D eigenvalue weighted by atomic mass is 16.6. The number of carbonyl (C=O) groups excluding carboxylic acids is 1. The number of anilines is 1. The van der Waals surface area contributed by atoms with Gasteiger partial charge >= 0.3 is 6.03 Å².